The van der Waals surface area contributed by atoms with Gasteiger partial charge in [-0.3, -0.25) is 4.79 Å². The maximum atomic E-state index is 12.2. The van der Waals surface area contributed by atoms with Crippen LogP contribution in [0.5, 0.6) is 0 Å². The Morgan fingerprint density at radius 1 is 1.56 bits per heavy atom. The van der Waals surface area contributed by atoms with E-state index in [-0.39, 0.29) is 11.3 Å². The molecule has 0 radical (unpaired) electrons. The predicted octanol–water partition coefficient (Wildman–Crippen LogP) is 2.03. The third kappa shape index (κ3) is 2.35. The van der Waals surface area contributed by atoms with Gasteiger partial charge >= 0.3 is 0 Å². The summed E-state index contributed by atoms with van der Waals surface area (Å²) in [4.78, 5) is 14.1. The lowest BCUT2D eigenvalue weighted by atomic mass is 10.0. The van der Waals surface area contributed by atoms with Crippen LogP contribution < -0.4 is 0 Å². The highest BCUT2D eigenvalue weighted by molar-refractivity contribution is 6.30. The number of alkyl halides is 1. The molecule has 16 heavy (non-hydrogen) atoms. The van der Waals surface area contributed by atoms with Crippen molar-refractivity contribution in [3.05, 3.63) is 0 Å². The Bertz CT molecular complexity index is 259. The SMILES string of the molecule is CC[C@H](Cl)C(=O)N1CCOC[C@H]2CCC[C@@H]21. The van der Waals surface area contributed by atoms with Gasteiger partial charge in [0.25, 0.3) is 0 Å². The van der Waals surface area contributed by atoms with Crippen LogP contribution in [0.1, 0.15) is 32.6 Å². The van der Waals surface area contributed by atoms with Crippen molar-refractivity contribution in [3.63, 3.8) is 0 Å². The highest BCUT2D eigenvalue weighted by Gasteiger charge is 2.37. The van der Waals surface area contributed by atoms with E-state index in [0.29, 0.717) is 31.5 Å². The maximum absolute atomic E-state index is 12.2. The van der Waals surface area contributed by atoms with E-state index in [1.165, 1.54) is 12.8 Å². The first kappa shape index (κ1) is 12.2. The number of halogens is 1. The van der Waals surface area contributed by atoms with Gasteiger partial charge in [0.1, 0.15) is 5.38 Å². The number of fused-ring (bicyclic) bond motifs is 1. The van der Waals surface area contributed by atoms with Gasteiger partial charge in [-0.25, -0.2) is 0 Å². The number of rotatable bonds is 2. The van der Waals surface area contributed by atoms with E-state index in [4.69, 9.17) is 16.3 Å². The van der Waals surface area contributed by atoms with E-state index in [0.717, 1.165) is 13.0 Å². The highest BCUT2D eigenvalue weighted by atomic mass is 35.5. The van der Waals surface area contributed by atoms with Crippen LogP contribution in [0.15, 0.2) is 0 Å². The first-order valence-corrected chi connectivity index (χ1v) is 6.70. The zero-order valence-corrected chi connectivity index (χ0v) is 10.6. The fourth-order valence-corrected chi connectivity index (χ4v) is 2.94. The molecule has 1 aliphatic heterocycles. The first-order chi connectivity index (χ1) is 7.74. The van der Waals surface area contributed by atoms with E-state index in [9.17, 15) is 4.79 Å². The summed E-state index contributed by atoms with van der Waals surface area (Å²) in [5, 5.41) is -0.362. The van der Waals surface area contributed by atoms with Crippen LogP contribution in [0.4, 0.5) is 0 Å². The van der Waals surface area contributed by atoms with E-state index >= 15 is 0 Å². The Morgan fingerprint density at radius 3 is 3.12 bits per heavy atom. The van der Waals surface area contributed by atoms with Gasteiger partial charge in [0.05, 0.1) is 13.2 Å². The van der Waals surface area contributed by atoms with E-state index in [1.54, 1.807) is 0 Å². The van der Waals surface area contributed by atoms with Crippen molar-refractivity contribution in [2.24, 2.45) is 5.92 Å². The molecule has 1 saturated heterocycles. The fourth-order valence-electron chi connectivity index (χ4n) is 2.81. The van der Waals surface area contributed by atoms with Gasteiger partial charge in [-0.2, -0.15) is 0 Å². The van der Waals surface area contributed by atoms with Crippen LogP contribution in [0.25, 0.3) is 0 Å². The van der Waals surface area contributed by atoms with Crippen LogP contribution in [0.2, 0.25) is 0 Å². The highest BCUT2D eigenvalue weighted by Crippen LogP contribution is 2.32. The standard InChI is InChI=1S/C12H20ClNO2/c1-2-10(13)12(15)14-6-7-16-8-9-4-3-5-11(9)14/h9-11H,2-8H2,1H3/t9-,10+,11+/m1/s1. The molecule has 4 heteroatoms. The summed E-state index contributed by atoms with van der Waals surface area (Å²) in [5.74, 6) is 0.638. The normalized spacial score (nSPS) is 32.0. The van der Waals surface area contributed by atoms with Crippen molar-refractivity contribution in [3.8, 4) is 0 Å². The maximum Gasteiger partial charge on any atom is 0.240 e. The van der Waals surface area contributed by atoms with Gasteiger partial charge in [0.15, 0.2) is 0 Å². The lowest BCUT2D eigenvalue weighted by Gasteiger charge is -2.31. The molecule has 1 aliphatic carbocycles. The predicted molar refractivity (Wildman–Crippen MR) is 63.6 cm³/mol. The average Bonchev–Trinajstić information content (AvgIpc) is 2.67. The molecule has 1 heterocycles. The van der Waals surface area contributed by atoms with E-state index < -0.39 is 0 Å². The second-order valence-electron chi connectivity index (χ2n) is 4.74. The van der Waals surface area contributed by atoms with Crippen LogP contribution in [-0.2, 0) is 9.53 Å². The minimum absolute atomic E-state index is 0.103. The van der Waals surface area contributed by atoms with Crippen molar-refractivity contribution < 1.29 is 9.53 Å². The number of hydrogen-bond acceptors (Lipinski definition) is 2. The molecule has 3 atom stereocenters. The lowest BCUT2D eigenvalue weighted by molar-refractivity contribution is -0.133. The summed E-state index contributed by atoms with van der Waals surface area (Å²) in [6, 6.07) is 0.378. The summed E-state index contributed by atoms with van der Waals surface area (Å²) in [6.07, 6.45) is 4.22. The summed E-state index contributed by atoms with van der Waals surface area (Å²) in [5.41, 5.74) is 0. The van der Waals surface area contributed by atoms with Gasteiger partial charge in [-0.15, -0.1) is 11.6 Å². The Hall–Kier alpha value is -0.280. The van der Waals surface area contributed by atoms with Gasteiger partial charge in [0.2, 0.25) is 5.91 Å². The topological polar surface area (TPSA) is 29.5 Å². The minimum atomic E-state index is -0.362. The molecule has 0 spiro atoms. The number of carbonyl (C=O) groups excluding carboxylic acids is 1. The Labute approximate surface area is 102 Å². The number of amides is 1. The van der Waals surface area contributed by atoms with Crippen LogP contribution in [0, 0.1) is 5.92 Å². The molecule has 0 bridgehead atoms. The Balaban J connectivity index is 2.08. The summed E-state index contributed by atoms with van der Waals surface area (Å²) in [7, 11) is 0. The molecule has 0 unspecified atom stereocenters. The van der Waals surface area contributed by atoms with E-state index in [1.807, 2.05) is 11.8 Å². The third-order valence-corrected chi connectivity index (χ3v) is 4.23. The molecule has 2 rings (SSSR count). The molecule has 3 nitrogen and oxygen atoms in total. The zero-order valence-electron chi connectivity index (χ0n) is 9.82. The molecule has 0 aromatic carbocycles. The minimum Gasteiger partial charge on any atom is -0.379 e. The van der Waals surface area contributed by atoms with Crippen molar-refractivity contribution >= 4 is 17.5 Å². The third-order valence-electron chi connectivity index (χ3n) is 3.74. The zero-order chi connectivity index (χ0) is 11.5. The van der Waals surface area contributed by atoms with Crippen molar-refractivity contribution in [2.45, 2.75) is 44.0 Å². The number of hydrogen-bond donors (Lipinski definition) is 0. The van der Waals surface area contributed by atoms with Crippen molar-refractivity contribution in [1.29, 1.82) is 0 Å². The van der Waals surface area contributed by atoms with Gasteiger partial charge in [-0.1, -0.05) is 13.3 Å². The molecule has 92 valence electrons. The molecule has 1 saturated carbocycles. The molecule has 1 amide bonds. The largest absolute Gasteiger partial charge is 0.379 e. The van der Waals surface area contributed by atoms with Crippen LogP contribution in [0.3, 0.4) is 0 Å². The second kappa shape index (κ2) is 5.37. The van der Waals surface area contributed by atoms with Crippen LogP contribution in [-0.4, -0.2) is 42.0 Å². The average molecular weight is 246 g/mol. The van der Waals surface area contributed by atoms with Gasteiger partial charge < -0.3 is 9.64 Å². The molecule has 0 aromatic heterocycles. The van der Waals surface area contributed by atoms with Gasteiger partial charge in [0, 0.05) is 18.5 Å². The molecular weight excluding hydrogens is 226 g/mol. The smallest absolute Gasteiger partial charge is 0.240 e. The Morgan fingerprint density at radius 2 is 2.38 bits per heavy atom. The monoisotopic (exact) mass is 245 g/mol. The quantitative estimate of drug-likeness (QED) is 0.697. The number of carbonyl (C=O) groups is 1. The number of ether oxygens (including phenoxy) is 1. The molecule has 0 aromatic rings. The van der Waals surface area contributed by atoms with Gasteiger partial charge in [-0.05, 0) is 19.3 Å². The van der Waals surface area contributed by atoms with Crippen molar-refractivity contribution in [2.75, 3.05) is 19.8 Å². The summed E-state index contributed by atoms with van der Waals surface area (Å²) in [6.45, 7) is 4.14. The van der Waals surface area contributed by atoms with Crippen molar-refractivity contribution in [1.82, 2.24) is 4.90 Å². The number of nitrogens with zero attached hydrogens (tertiary/aromatic N) is 1. The Kier molecular flexibility index (Phi) is 4.09. The lowest BCUT2D eigenvalue weighted by Crippen LogP contribution is -2.46. The summed E-state index contributed by atoms with van der Waals surface area (Å²) >= 11 is 6.06. The first-order valence-electron chi connectivity index (χ1n) is 6.26. The molecular formula is C12H20ClNO2. The molecule has 0 N–H and O–H groups in total. The second-order valence-corrected chi connectivity index (χ2v) is 5.27. The molecule has 2 fully saturated rings. The van der Waals surface area contributed by atoms with Crippen LogP contribution >= 0.6 is 11.6 Å². The van der Waals surface area contributed by atoms with E-state index in [2.05, 4.69) is 0 Å². The molecule has 2 aliphatic rings. The summed E-state index contributed by atoms with van der Waals surface area (Å²) < 4.78 is 5.57. The fraction of sp³-hybridized carbons (Fsp3) is 0.917.